The Labute approximate surface area is 384 Å². The van der Waals surface area contributed by atoms with Gasteiger partial charge in [-0.05, 0) is 87.8 Å². The minimum atomic E-state index is -0.876. The Kier molecular flexibility index (Phi) is 20.0. The van der Waals surface area contributed by atoms with Crippen LogP contribution in [0.5, 0.6) is 0 Å². The number of methoxy groups -OCH3 is 2. The molecule has 64 heavy (non-hydrogen) atoms. The van der Waals surface area contributed by atoms with E-state index in [1.54, 1.807) is 26.2 Å². The van der Waals surface area contributed by atoms with Gasteiger partial charge in [0.2, 0.25) is 17.7 Å². The van der Waals surface area contributed by atoms with Crippen LogP contribution in [0.15, 0.2) is 30.3 Å². The van der Waals surface area contributed by atoms with Crippen LogP contribution >= 0.6 is 0 Å². The summed E-state index contributed by atoms with van der Waals surface area (Å²) in [7, 11) is 6.77. The van der Waals surface area contributed by atoms with Crippen LogP contribution in [0, 0.1) is 35.0 Å². The Bertz CT molecular complexity index is 1720. The standard InChI is InChI=1S/C51H82N4O9/c1-12-35(6)47(53(9)49(61)38(33(2)3)29-41(56)46(34(4)5)52(8)25-20-24-45(59)60)43(63-10)30-44(58)55-28-19-23-40(55)48(64-11)36(7)42(57)32-51(50(62)54-26-17-14-18-27-54)31-39(51)37-21-15-13-16-22-37/h13,15-16,21-22,33-36,38-40,43,46-48H,12,14,17-20,23-32H2,1-11H3,(H,59,60)/t35-,36-,38-,39+,40-,43+,46-,47-,48+,51-/m0/s1. The number of carboxylic acid groups (broad SMARTS) is 1. The Balaban J connectivity index is 1.50. The number of carbonyl (C=O) groups excluding carboxylic acids is 5. The summed E-state index contributed by atoms with van der Waals surface area (Å²) < 4.78 is 12.3. The summed E-state index contributed by atoms with van der Waals surface area (Å²) in [5.74, 6) is -2.58. The van der Waals surface area contributed by atoms with Gasteiger partial charge in [0.25, 0.3) is 0 Å². The summed E-state index contributed by atoms with van der Waals surface area (Å²) in [6.07, 6.45) is 5.29. The van der Waals surface area contributed by atoms with Gasteiger partial charge in [0.05, 0.1) is 42.2 Å². The summed E-state index contributed by atoms with van der Waals surface area (Å²) >= 11 is 0. The van der Waals surface area contributed by atoms with Gasteiger partial charge >= 0.3 is 5.97 Å². The molecule has 3 amide bonds. The zero-order chi connectivity index (χ0) is 47.5. The van der Waals surface area contributed by atoms with Crippen LogP contribution in [0.25, 0.3) is 0 Å². The van der Waals surface area contributed by atoms with Gasteiger partial charge in [0, 0.05) is 72.0 Å². The minimum absolute atomic E-state index is 0.0175. The molecule has 360 valence electrons. The van der Waals surface area contributed by atoms with Crippen LogP contribution < -0.4 is 0 Å². The molecule has 0 aromatic heterocycles. The third-order valence-corrected chi connectivity index (χ3v) is 15.1. The molecule has 2 heterocycles. The molecule has 3 fully saturated rings. The molecule has 0 bridgehead atoms. The molecule has 1 aromatic carbocycles. The number of carboxylic acids is 1. The lowest BCUT2D eigenvalue weighted by molar-refractivity contribution is -0.149. The van der Waals surface area contributed by atoms with Crippen LogP contribution in [0.2, 0.25) is 0 Å². The number of ether oxygens (including phenoxy) is 2. The predicted molar refractivity (Wildman–Crippen MR) is 248 cm³/mol. The maximum atomic E-state index is 14.6. The number of nitrogens with zero attached hydrogens (tertiary/aromatic N) is 4. The second-order valence-electron chi connectivity index (χ2n) is 20.1. The molecule has 1 saturated carbocycles. The number of rotatable bonds is 26. The highest BCUT2D eigenvalue weighted by Crippen LogP contribution is 2.63. The van der Waals surface area contributed by atoms with Gasteiger partial charge in [0.15, 0.2) is 5.78 Å². The highest BCUT2D eigenvalue weighted by atomic mass is 16.5. The van der Waals surface area contributed by atoms with Gasteiger partial charge in [-0.2, -0.15) is 0 Å². The van der Waals surface area contributed by atoms with Crippen molar-refractivity contribution in [2.24, 2.45) is 35.0 Å². The van der Waals surface area contributed by atoms with E-state index in [0.717, 1.165) is 50.8 Å². The number of likely N-dealkylation sites (N-methyl/N-ethyl adjacent to an activating group) is 2. The molecule has 0 radical (unpaired) electrons. The predicted octanol–water partition coefficient (Wildman–Crippen LogP) is 7.10. The van der Waals surface area contributed by atoms with Crippen molar-refractivity contribution in [3.63, 3.8) is 0 Å². The molecule has 4 rings (SSSR count). The third-order valence-electron chi connectivity index (χ3n) is 15.1. The number of amides is 3. The van der Waals surface area contributed by atoms with Gasteiger partial charge in [-0.25, -0.2) is 0 Å². The van der Waals surface area contributed by atoms with E-state index in [0.29, 0.717) is 32.4 Å². The van der Waals surface area contributed by atoms with Gasteiger partial charge in [0.1, 0.15) is 5.78 Å². The molecule has 13 nitrogen and oxygen atoms in total. The van der Waals surface area contributed by atoms with Crippen LogP contribution in [-0.2, 0) is 38.2 Å². The summed E-state index contributed by atoms with van der Waals surface area (Å²) in [6.45, 7) is 16.2. The fourth-order valence-electron chi connectivity index (χ4n) is 11.1. The fourth-order valence-corrected chi connectivity index (χ4v) is 11.1. The number of hydrogen-bond acceptors (Lipinski definition) is 9. The summed E-state index contributed by atoms with van der Waals surface area (Å²) in [5.41, 5.74) is 0.313. The Morgan fingerprint density at radius 3 is 2.06 bits per heavy atom. The quantitative estimate of drug-likeness (QED) is 0.102. The largest absolute Gasteiger partial charge is 0.481 e. The average molecular weight is 895 g/mol. The lowest BCUT2D eigenvalue weighted by atomic mass is 9.83. The number of piperidine rings is 1. The van der Waals surface area contributed by atoms with E-state index < -0.39 is 47.5 Å². The van der Waals surface area contributed by atoms with Crippen molar-refractivity contribution in [3.8, 4) is 0 Å². The maximum absolute atomic E-state index is 14.6. The van der Waals surface area contributed by atoms with E-state index in [4.69, 9.17) is 14.6 Å². The first-order chi connectivity index (χ1) is 30.3. The van der Waals surface area contributed by atoms with Crippen molar-refractivity contribution >= 4 is 35.3 Å². The van der Waals surface area contributed by atoms with Crippen molar-refractivity contribution < 1.29 is 43.3 Å². The summed E-state index contributed by atoms with van der Waals surface area (Å²) in [5, 5.41) is 9.15. The summed E-state index contributed by atoms with van der Waals surface area (Å²) in [4.78, 5) is 90.4. The molecule has 10 atom stereocenters. The van der Waals surface area contributed by atoms with Crippen molar-refractivity contribution in [1.82, 2.24) is 19.6 Å². The maximum Gasteiger partial charge on any atom is 0.303 e. The molecule has 0 spiro atoms. The zero-order valence-electron chi connectivity index (χ0n) is 41.1. The average Bonchev–Trinajstić information content (AvgIpc) is 3.79. The molecule has 1 aromatic rings. The second-order valence-corrected chi connectivity index (χ2v) is 20.1. The number of hydrogen-bond donors (Lipinski definition) is 1. The normalized spacial score (nSPS) is 23.3. The Morgan fingerprint density at radius 1 is 0.844 bits per heavy atom. The fraction of sp³-hybridized carbons (Fsp3) is 0.765. The van der Waals surface area contributed by atoms with Crippen LogP contribution in [0.4, 0.5) is 0 Å². The lowest BCUT2D eigenvalue weighted by Crippen LogP contribution is -2.54. The first kappa shape index (κ1) is 52.9. The van der Waals surface area contributed by atoms with Crippen molar-refractivity contribution in [1.29, 1.82) is 0 Å². The molecular formula is C51H82N4O9. The van der Waals surface area contributed by atoms with E-state index in [-0.39, 0.29) is 84.7 Å². The number of carbonyl (C=O) groups is 6. The SMILES string of the molecule is CC[C@H](C)[C@@H]([C@@H](CC(=O)N1CCC[C@H]1[C@H](OC)[C@@H](C)C(=O)C[C@@]1(C(=O)N2CCCCC2)C[C@@H]1c1ccccc1)OC)N(C)C(=O)[C@@H](CC(=O)[C@H](C(C)C)N(C)CCCC(=O)O)C(C)C. The van der Waals surface area contributed by atoms with Crippen LogP contribution in [0.3, 0.4) is 0 Å². The highest BCUT2D eigenvalue weighted by Gasteiger charge is 2.62. The zero-order valence-corrected chi connectivity index (χ0v) is 41.1. The van der Waals surface area contributed by atoms with E-state index in [1.165, 1.54) is 0 Å². The number of Topliss-reactive ketones (excluding diaryl/α,β-unsaturated/α-hetero) is 2. The number of likely N-dealkylation sites (tertiary alicyclic amines) is 2. The monoisotopic (exact) mass is 895 g/mol. The molecule has 1 N–H and O–H groups in total. The molecule has 1 aliphatic carbocycles. The van der Waals surface area contributed by atoms with Gasteiger partial charge in [-0.3, -0.25) is 33.7 Å². The van der Waals surface area contributed by atoms with Gasteiger partial charge in [-0.15, -0.1) is 0 Å². The van der Waals surface area contributed by atoms with Crippen molar-refractivity contribution in [3.05, 3.63) is 35.9 Å². The highest BCUT2D eigenvalue weighted by molar-refractivity contribution is 5.95. The van der Waals surface area contributed by atoms with Crippen LogP contribution in [0.1, 0.15) is 137 Å². The van der Waals surface area contributed by atoms with Gasteiger partial charge in [-0.1, -0.05) is 85.2 Å². The topological polar surface area (TPSA) is 154 Å². The Morgan fingerprint density at radius 2 is 1.50 bits per heavy atom. The van der Waals surface area contributed by atoms with E-state index in [2.05, 4.69) is 19.1 Å². The third kappa shape index (κ3) is 12.8. The van der Waals surface area contributed by atoms with E-state index in [1.807, 2.05) is 81.5 Å². The van der Waals surface area contributed by atoms with Crippen molar-refractivity contribution in [2.45, 2.75) is 162 Å². The molecular weight excluding hydrogens is 813 g/mol. The van der Waals surface area contributed by atoms with Crippen LogP contribution in [-0.4, -0.2) is 145 Å². The van der Waals surface area contributed by atoms with E-state index >= 15 is 0 Å². The molecule has 0 unspecified atom stereocenters. The first-order valence-corrected chi connectivity index (χ1v) is 24.3. The van der Waals surface area contributed by atoms with E-state index in [9.17, 15) is 28.8 Å². The van der Waals surface area contributed by atoms with Crippen molar-refractivity contribution in [2.75, 3.05) is 54.5 Å². The number of ketones is 2. The minimum Gasteiger partial charge on any atom is -0.481 e. The molecule has 13 heteroatoms. The van der Waals surface area contributed by atoms with Gasteiger partial charge < -0.3 is 29.3 Å². The lowest BCUT2D eigenvalue weighted by Gasteiger charge is -2.41. The molecule has 3 aliphatic rings. The molecule has 2 aliphatic heterocycles. The Hall–Kier alpha value is -3.68. The number of benzene rings is 1. The number of aliphatic carboxylic acids is 1. The summed E-state index contributed by atoms with van der Waals surface area (Å²) in [6, 6.07) is 8.77. The molecule has 2 saturated heterocycles. The first-order valence-electron chi connectivity index (χ1n) is 24.3. The smallest absolute Gasteiger partial charge is 0.303 e. The second kappa shape index (κ2) is 24.2.